The van der Waals surface area contributed by atoms with Crippen molar-refractivity contribution >= 4 is 29.3 Å². The number of amides is 1. The predicted octanol–water partition coefficient (Wildman–Crippen LogP) is 2.79. The van der Waals surface area contributed by atoms with Crippen LogP contribution in [-0.4, -0.2) is 23.0 Å². The maximum absolute atomic E-state index is 12.0. The Labute approximate surface area is 137 Å². The summed E-state index contributed by atoms with van der Waals surface area (Å²) in [4.78, 5) is 27.9. The second-order valence-corrected chi connectivity index (χ2v) is 5.03. The number of rotatable bonds is 4. The first-order chi connectivity index (χ1) is 11.0. The SMILES string of the molecule is C[C@@H](OC(=O)c1cccc(C#N)c1)C(=O)Nc1ccc(Cl)cn1. The molecule has 0 bridgehead atoms. The molecule has 0 aliphatic rings. The number of hydrogen-bond acceptors (Lipinski definition) is 5. The molecular formula is C16H12ClN3O3. The van der Waals surface area contributed by atoms with Gasteiger partial charge in [0.1, 0.15) is 5.82 Å². The largest absolute Gasteiger partial charge is 0.449 e. The summed E-state index contributed by atoms with van der Waals surface area (Å²) < 4.78 is 5.08. The van der Waals surface area contributed by atoms with Crippen LogP contribution in [0.15, 0.2) is 42.6 Å². The molecule has 1 aromatic heterocycles. The van der Waals surface area contributed by atoms with Crippen LogP contribution >= 0.6 is 11.6 Å². The number of benzene rings is 1. The lowest BCUT2D eigenvalue weighted by Gasteiger charge is -2.13. The molecule has 1 amide bonds. The Morgan fingerprint density at radius 1 is 1.35 bits per heavy atom. The van der Waals surface area contributed by atoms with E-state index in [4.69, 9.17) is 21.6 Å². The number of carbonyl (C=O) groups excluding carboxylic acids is 2. The molecule has 6 nitrogen and oxygen atoms in total. The van der Waals surface area contributed by atoms with Crippen molar-refractivity contribution < 1.29 is 14.3 Å². The first-order valence-corrected chi connectivity index (χ1v) is 7.01. The number of pyridine rings is 1. The number of carbonyl (C=O) groups is 2. The molecule has 1 atom stereocenters. The molecule has 0 fully saturated rings. The predicted molar refractivity (Wildman–Crippen MR) is 83.9 cm³/mol. The maximum Gasteiger partial charge on any atom is 0.338 e. The van der Waals surface area contributed by atoms with E-state index >= 15 is 0 Å². The number of hydrogen-bond donors (Lipinski definition) is 1. The number of nitriles is 1. The quantitative estimate of drug-likeness (QED) is 0.871. The summed E-state index contributed by atoms with van der Waals surface area (Å²) in [5.41, 5.74) is 0.537. The third-order valence-electron chi connectivity index (χ3n) is 2.86. The van der Waals surface area contributed by atoms with Crippen molar-refractivity contribution in [3.8, 4) is 6.07 Å². The molecule has 0 saturated carbocycles. The molecule has 1 aromatic carbocycles. The minimum absolute atomic E-state index is 0.202. The molecule has 0 spiro atoms. The third kappa shape index (κ3) is 4.53. The summed E-state index contributed by atoms with van der Waals surface area (Å²) in [6.45, 7) is 1.44. The summed E-state index contributed by atoms with van der Waals surface area (Å²) in [7, 11) is 0. The fourth-order valence-electron chi connectivity index (χ4n) is 1.68. The lowest BCUT2D eigenvalue weighted by molar-refractivity contribution is -0.123. The van der Waals surface area contributed by atoms with Gasteiger partial charge in [-0.1, -0.05) is 17.7 Å². The van der Waals surface area contributed by atoms with Crippen molar-refractivity contribution in [3.05, 3.63) is 58.7 Å². The lowest BCUT2D eigenvalue weighted by atomic mass is 10.1. The molecule has 1 N–H and O–H groups in total. The normalized spacial score (nSPS) is 11.2. The van der Waals surface area contributed by atoms with Gasteiger partial charge in [0, 0.05) is 6.20 Å². The number of anilines is 1. The van der Waals surface area contributed by atoms with Crippen LogP contribution in [-0.2, 0) is 9.53 Å². The summed E-state index contributed by atoms with van der Waals surface area (Å²) >= 11 is 5.70. The smallest absolute Gasteiger partial charge is 0.338 e. The zero-order chi connectivity index (χ0) is 16.8. The fraction of sp³-hybridized carbons (Fsp3) is 0.125. The van der Waals surface area contributed by atoms with Crippen LogP contribution in [0.5, 0.6) is 0 Å². The Bertz CT molecular complexity index is 769. The Balaban J connectivity index is 1.98. The van der Waals surface area contributed by atoms with Crippen molar-refractivity contribution in [2.75, 3.05) is 5.32 Å². The zero-order valence-electron chi connectivity index (χ0n) is 12.1. The van der Waals surface area contributed by atoms with Gasteiger partial charge in [-0.05, 0) is 37.3 Å². The van der Waals surface area contributed by atoms with Gasteiger partial charge >= 0.3 is 5.97 Å². The van der Waals surface area contributed by atoms with Gasteiger partial charge in [-0.2, -0.15) is 5.26 Å². The average Bonchev–Trinajstić information content (AvgIpc) is 2.56. The van der Waals surface area contributed by atoms with Crippen LogP contribution in [0, 0.1) is 11.3 Å². The molecular weight excluding hydrogens is 318 g/mol. The van der Waals surface area contributed by atoms with Crippen molar-refractivity contribution in [1.29, 1.82) is 5.26 Å². The molecule has 23 heavy (non-hydrogen) atoms. The van der Waals surface area contributed by atoms with E-state index in [9.17, 15) is 9.59 Å². The number of nitrogens with zero attached hydrogens (tertiary/aromatic N) is 2. The standard InChI is InChI=1S/C16H12ClN3O3/c1-10(15(21)20-14-6-5-13(17)9-19-14)23-16(22)12-4-2-3-11(7-12)8-18/h2-7,9-10H,1H3,(H,19,20,21)/t10-/m1/s1. The van der Waals surface area contributed by atoms with Crippen LogP contribution in [0.1, 0.15) is 22.8 Å². The molecule has 0 unspecified atom stereocenters. The zero-order valence-corrected chi connectivity index (χ0v) is 12.9. The van der Waals surface area contributed by atoms with Crippen LogP contribution in [0.3, 0.4) is 0 Å². The fourth-order valence-corrected chi connectivity index (χ4v) is 1.79. The monoisotopic (exact) mass is 329 g/mol. The van der Waals surface area contributed by atoms with Gasteiger partial charge in [0.05, 0.1) is 22.2 Å². The van der Waals surface area contributed by atoms with E-state index < -0.39 is 18.0 Å². The lowest BCUT2D eigenvalue weighted by Crippen LogP contribution is -2.30. The summed E-state index contributed by atoms with van der Waals surface area (Å²) in [5, 5.41) is 11.8. The minimum Gasteiger partial charge on any atom is -0.449 e. The number of aromatic nitrogens is 1. The number of halogens is 1. The number of nitrogens with one attached hydrogen (secondary N) is 1. The number of ether oxygens (including phenoxy) is 1. The van der Waals surface area contributed by atoms with E-state index in [2.05, 4.69) is 10.3 Å². The van der Waals surface area contributed by atoms with Gasteiger partial charge in [0.2, 0.25) is 0 Å². The van der Waals surface area contributed by atoms with E-state index in [-0.39, 0.29) is 5.56 Å². The molecule has 2 aromatic rings. The van der Waals surface area contributed by atoms with Gasteiger partial charge in [0.25, 0.3) is 5.91 Å². The highest BCUT2D eigenvalue weighted by atomic mass is 35.5. The Morgan fingerprint density at radius 2 is 2.13 bits per heavy atom. The van der Waals surface area contributed by atoms with E-state index in [0.29, 0.717) is 16.4 Å². The number of esters is 1. The highest BCUT2D eigenvalue weighted by molar-refractivity contribution is 6.30. The molecule has 0 saturated heterocycles. The molecule has 0 aliphatic carbocycles. The molecule has 116 valence electrons. The molecule has 2 rings (SSSR count). The van der Waals surface area contributed by atoms with E-state index in [1.165, 1.54) is 31.3 Å². The Kier molecular flexibility index (Phi) is 5.28. The minimum atomic E-state index is -1.02. The maximum atomic E-state index is 12.0. The van der Waals surface area contributed by atoms with Crippen LogP contribution < -0.4 is 5.32 Å². The molecule has 0 aliphatic heterocycles. The first kappa shape index (κ1) is 16.5. The van der Waals surface area contributed by atoms with Crippen LogP contribution in [0.2, 0.25) is 5.02 Å². The Morgan fingerprint density at radius 3 is 2.78 bits per heavy atom. The molecule has 1 heterocycles. The van der Waals surface area contributed by atoms with Crippen molar-refractivity contribution in [3.63, 3.8) is 0 Å². The van der Waals surface area contributed by atoms with Crippen molar-refractivity contribution in [2.45, 2.75) is 13.0 Å². The van der Waals surface area contributed by atoms with Gasteiger partial charge in [-0.3, -0.25) is 4.79 Å². The van der Waals surface area contributed by atoms with Gasteiger partial charge < -0.3 is 10.1 Å². The van der Waals surface area contributed by atoms with Gasteiger partial charge in [-0.15, -0.1) is 0 Å². The van der Waals surface area contributed by atoms with E-state index in [1.54, 1.807) is 18.2 Å². The third-order valence-corrected chi connectivity index (χ3v) is 3.08. The van der Waals surface area contributed by atoms with Gasteiger partial charge in [0.15, 0.2) is 6.10 Å². The summed E-state index contributed by atoms with van der Waals surface area (Å²) in [6, 6.07) is 11.1. The van der Waals surface area contributed by atoms with E-state index in [0.717, 1.165) is 0 Å². The summed E-state index contributed by atoms with van der Waals surface area (Å²) in [6.07, 6.45) is 0.368. The average molecular weight is 330 g/mol. The second-order valence-electron chi connectivity index (χ2n) is 4.59. The van der Waals surface area contributed by atoms with Gasteiger partial charge in [-0.25, -0.2) is 9.78 Å². The van der Waals surface area contributed by atoms with E-state index in [1.807, 2.05) is 6.07 Å². The van der Waals surface area contributed by atoms with Crippen LogP contribution in [0.4, 0.5) is 5.82 Å². The Hall–Kier alpha value is -2.91. The summed E-state index contributed by atoms with van der Waals surface area (Å²) in [5.74, 6) is -0.910. The van der Waals surface area contributed by atoms with Crippen molar-refractivity contribution in [1.82, 2.24) is 4.98 Å². The first-order valence-electron chi connectivity index (χ1n) is 6.63. The highest BCUT2D eigenvalue weighted by Gasteiger charge is 2.19. The highest BCUT2D eigenvalue weighted by Crippen LogP contribution is 2.11. The molecule has 7 heteroatoms. The molecule has 0 radical (unpaired) electrons. The topological polar surface area (TPSA) is 92.1 Å². The van der Waals surface area contributed by atoms with Crippen molar-refractivity contribution in [2.24, 2.45) is 0 Å². The second kappa shape index (κ2) is 7.38. The van der Waals surface area contributed by atoms with Crippen LogP contribution in [0.25, 0.3) is 0 Å².